The van der Waals surface area contributed by atoms with E-state index < -0.39 is 0 Å². The zero-order valence-corrected chi connectivity index (χ0v) is 6.72. The highest BCUT2D eigenvalue weighted by Gasteiger charge is 2.00. The van der Waals surface area contributed by atoms with Crippen molar-refractivity contribution in [2.24, 2.45) is 0 Å². The first kappa shape index (κ1) is 9.88. The molecule has 1 N–H and O–H groups in total. The number of carbonyl (C=O) groups is 2. The monoisotopic (exact) mass is 155 g/mol. The van der Waals surface area contributed by atoms with Gasteiger partial charge in [0.05, 0.1) is 0 Å². The van der Waals surface area contributed by atoms with Crippen LogP contribution >= 0.6 is 0 Å². The lowest BCUT2D eigenvalue weighted by molar-refractivity contribution is -0.124. The van der Waals surface area contributed by atoms with Crippen molar-refractivity contribution in [3.05, 3.63) is 12.7 Å². The van der Waals surface area contributed by atoms with Gasteiger partial charge < -0.3 is 10.1 Å². The summed E-state index contributed by atoms with van der Waals surface area (Å²) in [5, 5.41) is 2.58. The number of ketones is 1. The van der Waals surface area contributed by atoms with Gasteiger partial charge in [-0.2, -0.15) is 0 Å². The molecule has 0 radical (unpaired) electrons. The summed E-state index contributed by atoms with van der Waals surface area (Å²) in [7, 11) is 0. The largest absolute Gasteiger partial charge is 0.353 e. The maximum atomic E-state index is 10.8. The van der Waals surface area contributed by atoms with Crippen LogP contribution in [0.25, 0.3) is 0 Å². The summed E-state index contributed by atoms with van der Waals surface area (Å²) in [5.74, 6) is -0.0566. The Balaban J connectivity index is 3.37. The summed E-state index contributed by atoms with van der Waals surface area (Å²) in [6.07, 6.45) is 2.21. The summed E-state index contributed by atoms with van der Waals surface area (Å²) in [4.78, 5) is 21.2. The minimum atomic E-state index is -0.0971. The zero-order chi connectivity index (χ0) is 8.69. The zero-order valence-electron chi connectivity index (χ0n) is 6.72. The van der Waals surface area contributed by atoms with Gasteiger partial charge in [-0.1, -0.05) is 6.08 Å². The fourth-order valence-electron chi connectivity index (χ4n) is 0.564. The number of amides is 1. The molecular formula is C8H13NO2. The van der Waals surface area contributed by atoms with E-state index in [1.807, 2.05) is 0 Å². The molecule has 0 aliphatic rings. The molecule has 3 heteroatoms. The molecule has 0 unspecified atom stereocenters. The lowest BCUT2D eigenvalue weighted by atomic mass is 10.2. The van der Waals surface area contributed by atoms with Gasteiger partial charge >= 0.3 is 0 Å². The molecule has 0 aromatic rings. The Morgan fingerprint density at radius 1 is 1.45 bits per heavy atom. The van der Waals surface area contributed by atoms with Crippen molar-refractivity contribution in [1.82, 2.24) is 5.32 Å². The van der Waals surface area contributed by atoms with Crippen LogP contribution in [0.5, 0.6) is 0 Å². The number of carbonyl (C=O) groups excluding carboxylic acids is 2. The summed E-state index contributed by atoms with van der Waals surface area (Å²) >= 11 is 0. The van der Waals surface area contributed by atoms with Gasteiger partial charge in [-0.05, 0) is 6.92 Å². The normalized spacial score (nSPS) is 8.82. The first-order valence-electron chi connectivity index (χ1n) is 3.54. The molecule has 0 fully saturated rings. The average Bonchev–Trinajstić information content (AvgIpc) is 1.97. The van der Waals surface area contributed by atoms with E-state index in [0.717, 1.165) is 0 Å². The minimum Gasteiger partial charge on any atom is -0.353 e. The van der Waals surface area contributed by atoms with Gasteiger partial charge in [-0.3, -0.25) is 4.79 Å². The van der Waals surface area contributed by atoms with Gasteiger partial charge in [0.25, 0.3) is 0 Å². The smallest absolute Gasteiger partial charge is 0.220 e. The van der Waals surface area contributed by atoms with Crippen LogP contribution in [-0.2, 0) is 9.59 Å². The Morgan fingerprint density at radius 3 is 2.55 bits per heavy atom. The van der Waals surface area contributed by atoms with E-state index in [-0.39, 0.29) is 18.1 Å². The Labute approximate surface area is 66.5 Å². The molecule has 0 aromatic carbocycles. The van der Waals surface area contributed by atoms with Crippen molar-refractivity contribution in [3.8, 4) is 0 Å². The molecular weight excluding hydrogens is 142 g/mol. The number of hydrogen-bond donors (Lipinski definition) is 1. The van der Waals surface area contributed by atoms with Gasteiger partial charge in [0.1, 0.15) is 5.78 Å². The molecule has 0 saturated heterocycles. The van der Waals surface area contributed by atoms with Crippen molar-refractivity contribution in [3.63, 3.8) is 0 Å². The van der Waals surface area contributed by atoms with E-state index in [9.17, 15) is 9.59 Å². The third kappa shape index (κ3) is 6.77. The SMILES string of the molecule is C=CCNC(=O)CCC(C)=O. The van der Waals surface area contributed by atoms with Crippen LogP contribution in [0.1, 0.15) is 19.8 Å². The highest BCUT2D eigenvalue weighted by molar-refractivity contribution is 5.83. The van der Waals surface area contributed by atoms with Gasteiger partial charge in [-0.15, -0.1) is 6.58 Å². The van der Waals surface area contributed by atoms with Crippen molar-refractivity contribution in [1.29, 1.82) is 0 Å². The third-order valence-electron chi connectivity index (χ3n) is 1.15. The van der Waals surface area contributed by atoms with Gasteiger partial charge in [0.2, 0.25) is 5.91 Å². The molecule has 0 heterocycles. The van der Waals surface area contributed by atoms with E-state index in [1.54, 1.807) is 6.08 Å². The number of rotatable bonds is 5. The molecule has 0 spiro atoms. The average molecular weight is 155 g/mol. The molecule has 0 bridgehead atoms. The molecule has 0 aliphatic heterocycles. The summed E-state index contributed by atoms with van der Waals surface area (Å²) < 4.78 is 0. The van der Waals surface area contributed by atoms with Gasteiger partial charge in [0, 0.05) is 19.4 Å². The van der Waals surface area contributed by atoms with Gasteiger partial charge in [0.15, 0.2) is 0 Å². The number of hydrogen-bond acceptors (Lipinski definition) is 2. The number of Topliss-reactive ketones (excluding diaryl/α,β-unsaturated/α-hetero) is 1. The molecule has 0 aromatic heterocycles. The molecule has 3 nitrogen and oxygen atoms in total. The molecule has 62 valence electrons. The Morgan fingerprint density at radius 2 is 2.09 bits per heavy atom. The van der Waals surface area contributed by atoms with Crippen molar-refractivity contribution in [2.45, 2.75) is 19.8 Å². The highest BCUT2D eigenvalue weighted by Crippen LogP contribution is 1.89. The Bertz CT molecular complexity index is 163. The van der Waals surface area contributed by atoms with E-state index in [1.165, 1.54) is 6.92 Å². The Kier molecular flexibility index (Phi) is 5.07. The van der Waals surface area contributed by atoms with E-state index in [4.69, 9.17) is 0 Å². The topological polar surface area (TPSA) is 46.2 Å². The fourth-order valence-corrected chi connectivity index (χ4v) is 0.564. The highest BCUT2D eigenvalue weighted by atomic mass is 16.2. The van der Waals surface area contributed by atoms with Crippen molar-refractivity contribution in [2.75, 3.05) is 6.54 Å². The van der Waals surface area contributed by atoms with Crippen molar-refractivity contribution < 1.29 is 9.59 Å². The standard InChI is InChI=1S/C8H13NO2/c1-3-6-9-8(11)5-4-7(2)10/h3H,1,4-6H2,2H3,(H,9,11). The van der Waals surface area contributed by atoms with Crippen LogP contribution in [0.3, 0.4) is 0 Å². The quantitative estimate of drug-likeness (QED) is 0.593. The first-order chi connectivity index (χ1) is 5.16. The van der Waals surface area contributed by atoms with Gasteiger partial charge in [-0.25, -0.2) is 0 Å². The minimum absolute atomic E-state index is 0.0405. The maximum Gasteiger partial charge on any atom is 0.220 e. The second-order valence-corrected chi connectivity index (χ2v) is 2.29. The van der Waals surface area contributed by atoms with Crippen LogP contribution in [0.15, 0.2) is 12.7 Å². The van der Waals surface area contributed by atoms with Crippen molar-refractivity contribution >= 4 is 11.7 Å². The van der Waals surface area contributed by atoms with E-state index in [0.29, 0.717) is 13.0 Å². The third-order valence-corrected chi connectivity index (χ3v) is 1.15. The lowest BCUT2D eigenvalue weighted by Crippen LogP contribution is -2.23. The van der Waals surface area contributed by atoms with E-state index in [2.05, 4.69) is 11.9 Å². The maximum absolute atomic E-state index is 10.8. The molecule has 0 saturated carbocycles. The summed E-state index contributed by atoms with van der Waals surface area (Å²) in [6, 6.07) is 0. The molecule has 0 aliphatic carbocycles. The van der Waals surface area contributed by atoms with Crippen LogP contribution in [0.2, 0.25) is 0 Å². The molecule has 0 atom stereocenters. The van der Waals surface area contributed by atoms with Crippen LogP contribution < -0.4 is 5.32 Å². The number of nitrogens with one attached hydrogen (secondary N) is 1. The van der Waals surface area contributed by atoms with Crippen LogP contribution in [-0.4, -0.2) is 18.2 Å². The van der Waals surface area contributed by atoms with E-state index >= 15 is 0 Å². The predicted molar refractivity (Wildman–Crippen MR) is 43.1 cm³/mol. The molecule has 11 heavy (non-hydrogen) atoms. The summed E-state index contributed by atoms with van der Waals surface area (Å²) in [6.45, 7) is 5.39. The second-order valence-electron chi connectivity index (χ2n) is 2.29. The molecule has 1 amide bonds. The predicted octanol–water partition coefficient (Wildman–Crippen LogP) is 0.658. The summed E-state index contributed by atoms with van der Waals surface area (Å²) in [5.41, 5.74) is 0. The lowest BCUT2D eigenvalue weighted by Gasteiger charge is -1.98. The second kappa shape index (κ2) is 5.65. The first-order valence-corrected chi connectivity index (χ1v) is 3.54. The fraction of sp³-hybridized carbons (Fsp3) is 0.500. The Hall–Kier alpha value is -1.12. The van der Waals surface area contributed by atoms with Crippen LogP contribution in [0, 0.1) is 0 Å². The molecule has 0 rings (SSSR count). The van der Waals surface area contributed by atoms with Crippen LogP contribution in [0.4, 0.5) is 0 Å².